The summed E-state index contributed by atoms with van der Waals surface area (Å²) < 4.78 is 3.73. The highest BCUT2D eigenvalue weighted by atomic mass is 32.2. The third-order valence-electron chi connectivity index (χ3n) is 4.16. The van der Waals surface area contributed by atoms with Crippen molar-refractivity contribution in [3.8, 4) is 5.69 Å². The maximum absolute atomic E-state index is 12.8. The molecule has 0 saturated carbocycles. The highest BCUT2D eigenvalue weighted by molar-refractivity contribution is 7.99. The first kappa shape index (κ1) is 14.5. The Bertz CT molecular complexity index is 669. The molecule has 4 nitrogen and oxygen atoms in total. The van der Waals surface area contributed by atoms with Crippen LogP contribution in [-0.4, -0.2) is 38.9 Å². The van der Waals surface area contributed by atoms with Crippen LogP contribution >= 0.6 is 11.8 Å². The Labute approximate surface area is 129 Å². The zero-order valence-corrected chi connectivity index (χ0v) is 13.4. The van der Waals surface area contributed by atoms with E-state index in [0.717, 1.165) is 36.6 Å². The fraction of sp³-hybridized carbons (Fsp3) is 0.438. The van der Waals surface area contributed by atoms with Crippen molar-refractivity contribution in [3.63, 3.8) is 0 Å². The van der Waals surface area contributed by atoms with Gasteiger partial charge in [-0.15, -0.1) is 0 Å². The number of nitrogens with zero attached hydrogens (tertiary/aromatic N) is 3. The third kappa shape index (κ3) is 2.80. The Morgan fingerprint density at radius 3 is 2.48 bits per heavy atom. The summed E-state index contributed by atoms with van der Waals surface area (Å²) in [5.74, 6) is 2.33. The Kier molecular flexibility index (Phi) is 4.22. The summed E-state index contributed by atoms with van der Waals surface area (Å²) in [5, 5.41) is 0. The van der Waals surface area contributed by atoms with Crippen LogP contribution in [0.1, 0.15) is 11.3 Å². The number of hydrogen-bond donors (Lipinski definition) is 0. The molecular formula is C16H21N3OS. The van der Waals surface area contributed by atoms with Crippen molar-refractivity contribution in [1.82, 2.24) is 14.3 Å². The quantitative estimate of drug-likeness (QED) is 0.869. The molecule has 3 rings (SSSR count). The predicted molar refractivity (Wildman–Crippen MR) is 88.3 cm³/mol. The van der Waals surface area contributed by atoms with Gasteiger partial charge in [0, 0.05) is 43.9 Å². The lowest BCUT2D eigenvalue weighted by Gasteiger charge is -2.25. The second-order valence-corrected chi connectivity index (χ2v) is 6.65. The van der Waals surface area contributed by atoms with Crippen molar-refractivity contribution in [2.45, 2.75) is 13.5 Å². The van der Waals surface area contributed by atoms with E-state index in [9.17, 15) is 4.79 Å². The van der Waals surface area contributed by atoms with Gasteiger partial charge < -0.3 is 0 Å². The molecule has 0 spiro atoms. The van der Waals surface area contributed by atoms with Gasteiger partial charge in [-0.05, 0) is 19.1 Å². The van der Waals surface area contributed by atoms with E-state index in [1.54, 1.807) is 4.68 Å². The zero-order valence-electron chi connectivity index (χ0n) is 12.6. The number of thioether (sulfide) groups is 1. The second-order valence-electron chi connectivity index (χ2n) is 5.43. The van der Waals surface area contributed by atoms with E-state index < -0.39 is 0 Å². The summed E-state index contributed by atoms with van der Waals surface area (Å²) in [6.45, 7) is 4.95. The maximum atomic E-state index is 12.8. The van der Waals surface area contributed by atoms with Gasteiger partial charge >= 0.3 is 0 Å². The predicted octanol–water partition coefficient (Wildman–Crippen LogP) is 2.03. The summed E-state index contributed by atoms with van der Waals surface area (Å²) in [6, 6.07) is 9.85. The van der Waals surface area contributed by atoms with Gasteiger partial charge in [-0.25, -0.2) is 4.68 Å². The lowest BCUT2D eigenvalue weighted by Crippen LogP contribution is -2.34. The number of benzene rings is 1. The lowest BCUT2D eigenvalue weighted by atomic mass is 10.2. The number of rotatable bonds is 3. The van der Waals surface area contributed by atoms with E-state index in [1.807, 2.05) is 60.7 Å². The molecule has 1 aliphatic heterocycles. The Hall–Kier alpha value is -1.46. The fourth-order valence-corrected chi connectivity index (χ4v) is 3.77. The first-order valence-corrected chi connectivity index (χ1v) is 8.47. The minimum Gasteiger partial charge on any atom is -0.297 e. The van der Waals surface area contributed by atoms with Gasteiger partial charge in [0.05, 0.1) is 11.3 Å². The topological polar surface area (TPSA) is 30.2 Å². The smallest absolute Gasteiger partial charge is 0.276 e. The van der Waals surface area contributed by atoms with Gasteiger partial charge in [-0.1, -0.05) is 18.2 Å². The molecule has 1 saturated heterocycles. The summed E-state index contributed by atoms with van der Waals surface area (Å²) >= 11 is 1.99. The van der Waals surface area contributed by atoms with Gasteiger partial charge in [0.15, 0.2) is 0 Å². The van der Waals surface area contributed by atoms with E-state index in [1.165, 1.54) is 11.5 Å². The lowest BCUT2D eigenvalue weighted by molar-refractivity contribution is 0.293. The molecule has 2 aromatic rings. The van der Waals surface area contributed by atoms with Crippen molar-refractivity contribution in [1.29, 1.82) is 0 Å². The molecule has 2 heterocycles. The molecule has 0 bridgehead atoms. The molecular weight excluding hydrogens is 282 g/mol. The summed E-state index contributed by atoms with van der Waals surface area (Å²) in [7, 11) is 1.96. The van der Waals surface area contributed by atoms with Crippen LogP contribution in [-0.2, 0) is 13.6 Å². The van der Waals surface area contributed by atoms with Crippen LogP contribution in [0.25, 0.3) is 5.69 Å². The zero-order chi connectivity index (χ0) is 14.8. The van der Waals surface area contributed by atoms with Crippen molar-refractivity contribution >= 4 is 11.8 Å². The van der Waals surface area contributed by atoms with Gasteiger partial charge in [-0.3, -0.25) is 14.4 Å². The monoisotopic (exact) mass is 303 g/mol. The molecule has 1 aromatic carbocycles. The molecule has 0 aliphatic carbocycles. The second kappa shape index (κ2) is 6.12. The average molecular weight is 303 g/mol. The van der Waals surface area contributed by atoms with Gasteiger partial charge in [0.2, 0.25) is 0 Å². The minimum absolute atomic E-state index is 0.111. The van der Waals surface area contributed by atoms with Gasteiger partial charge in [-0.2, -0.15) is 11.8 Å². The van der Waals surface area contributed by atoms with Crippen molar-refractivity contribution in [3.05, 3.63) is 51.9 Å². The van der Waals surface area contributed by atoms with Crippen LogP contribution in [0.15, 0.2) is 35.1 Å². The van der Waals surface area contributed by atoms with Gasteiger partial charge in [0.1, 0.15) is 0 Å². The molecule has 0 unspecified atom stereocenters. The molecule has 1 aliphatic rings. The molecule has 112 valence electrons. The molecule has 1 fully saturated rings. The minimum atomic E-state index is 0.111. The van der Waals surface area contributed by atoms with Gasteiger partial charge in [0.25, 0.3) is 5.56 Å². The maximum Gasteiger partial charge on any atom is 0.276 e. The molecule has 5 heteroatoms. The Balaban J connectivity index is 1.97. The van der Waals surface area contributed by atoms with Crippen LogP contribution in [0, 0.1) is 6.92 Å². The number of para-hydroxylation sites is 1. The Morgan fingerprint density at radius 1 is 1.14 bits per heavy atom. The normalized spacial score (nSPS) is 16.3. The summed E-state index contributed by atoms with van der Waals surface area (Å²) in [6.07, 6.45) is 0. The third-order valence-corrected chi connectivity index (χ3v) is 5.10. The number of aromatic nitrogens is 2. The molecule has 21 heavy (non-hydrogen) atoms. The number of hydrogen-bond acceptors (Lipinski definition) is 3. The van der Waals surface area contributed by atoms with E-state index in [0.29, 0.717) is 0 Å². The highest BCUT2D eigenvalue weighted by Crippen LogP contribution is 2.15. The molecule has 1 aromatic heterocycles. The van der Waals surface area contributed by atoms with Crippen LogP contribution in [0.2, 0.25) is 0 Å². The van der Waals surface area contributed by atoms with Crippen molar-refractivity contribution in [2.75, 3.05) is 24.6 Å². The molecule has 0 atom stereocenters. The summed E-state index contributed by atoms with van der Waals surface area (Å²) in [4.78, 5) is 15.2. The largest absolute Gasteiger partial charge is 0.297 e. The van der Waals surface area contributed by atoms with Crippen LogP contribution < -0.4 is 5.56 Å². The van der Waals surface area contributed by atoms with Crippen molar-refractivity contribution in [2.24, 2.45) is 7.05 Å². The summed E-state index contributed by atoms with van der Waals surface area (Å²) in [5.41, 5.74) is 3.02. The van der Waals surface area contributed by atoms with Crippen LogP contribution in [0.3, 0.4) is 0 Å². The molecule has 0 N–H and O–H groups in total. The molecule has 0 radical (unpaired) electrons. The highest BCUT2D eigenvalue weighted by Gasteiger charge is 2.19. The van der Waals surface area contributed by atoms with E-state index in [2.05, 4.69) is 4.90 Å². The molecule has 0 amide bonds. The average Bonchev–Trinajstić information content (AvgIpc) is 2.73. The van der Waals surface area contributed by atoms with Crippen molar-refractivity contribution < 1.29 is 0 Å². The Morgan fingerprint density at radius 2 is 1.81 bits per heavy atom. The van der Waals surface area contributed by atoms with Crippen LogP contribution in [0.5, 0.6) is 0 Å². The van der Waals surface area contributed by atoms with E-state index >= 15 is 0 Å². The first-order chi connectivity index (χ1) is 10.2. The fourth-order valence-electron chi connectivity index (χ4n) is 2.79. The SMILES string of the molecule is Cc1c(CN2CCSCC2)c(=O)n(-c2ccccc2)n1C. The van der Waals surface area contributed by atoms with E-state index in [4.69, 9.17) is 0 Å². The first-order valence-electron chi connectivity index (χ1n) is 7.31. The van der Waals surface area contributed by atoms with Crippen LogP contribution in [0.4, 0.5) is 0 Å². The standard InChI is InChI=1S/C16H21N3OS/c1-13-15(12-18-8-10-21-11-9-18)16(20)19(17(13)2)14-6-4-3-5-7-14/h3-7H,8-12H2,1-2H3. The van der Waals surface area contributed by atoms with E-state index in [-0.39, 0.29) is 5.56 Å².